The average Bonchev–Trinajstić information content (AvgIpc) is 3.19. The van der Waals surface area contributed by atoms with Gasteiger partial charge in [0, 0.05) is 19.3 Å². The van der Waals surface area contributed by atoms with Gasteiger partial charge in [-0.25, -0.2) is 9.37 Å². The number of hydrogen-bond acceptors (Lipinski definition) is 5. The van der Waals surface area contributed by atoms with Gasteiger partial charge in [-0.2, -0.15) is 5.26 Å². The van der Waals surface area contributed by atoms with Gasteiger partial charge in [0.05, 0.1) is 24.7 Å². The van der Waals surface area contributed by atoms with Gasteiger partial charge in [-0.1, -0.05) is 18.2 Å². The molecule has 0 radical (unpaired) electrons. The fraction of sp³-hybridized carbons (Fsp3) is 0.286. The average molecular weight is 409 g/mol. The number of likely N-dealkylation sites (tertiary alicyclic amines) is 1. The minimum Gasteiger partial charge on any atom is -0.331 e. The second kappa shape index (κ2) is 9.13. The van der Waals surface area contributed by atoms with E-state index in [1.807, 2.05) is 6.07 Å². The van der Waals surface area contributed by atoms with Gasteiger partial charge in [-0.3, -0.25) is 14.4 Å². The number of benzene rings is 1. The topological polar surface area (TPSA) is 106 Å². The van der Waals surface area contributed by atoms with E-state index in [2.05, 4.69) is 16.4 Å². The van der Waals surface area contributed by atoms with Crippen molar-refractivity contribution in [3.63, 3.8) is 0 Å². The number of hydrogen-bond donors (Lipinski definition) is 1. The second-order valence-corrected chi connectivity index (χ2v) is 7.00. The molecular formula is C21H20FN5O3. The van der Waals surface area contributed by atoms with E-state index in [0.717, 1.165) is 17.2 Å². The smallest absolute Gasteiger partial charge is 0.272 e. The molecule has 1 aromatic carbocycles. The number of anilines is 1. The minimum absolute atomic E-state index is 0.00469. The number of amides is 3. The van der Waals surface area contributed by atoms with E-state index < -0.39 is 29.6 Å². The third kappa shape index (κ3) is 4.78. The first-order valence-corrected chi connectivity index (χ1v) is 9.31. The van der Waals surface area contributed by atoms with Gasteiger partial charge in [0.2, 0.25) is 11.8 Å². The fourth-order valence-electron chi connectivity index (χ4n) is 3.25. The maximum absolute atomic E-state index is 13.0. The molecule has 1 saturated heterocycles. The fourth-order valence-corrected chi connectivity index (χ4v) is 3.25. The van der Waals surface area contributed by atoms with E-state index in [0.29, 0.717) is 5.69 Å². The maximum Gasteiger partial charge on any atom is 0.272 e. The van der Waals surface area contributed by atoms with Gasteiger partial charge in [0.1, 0.15) is 17.6 Å². The van der Waals surface area contributed by atoms with E-state index in [9.17, 15) is 24.0 Å². The summed E-state index contributed by atoms with van der Waals surface area (Å²) in [6.45, 7) is -0.199. The lowest BCUT2D eigenvalue weighted by molar-refractivity contribution is -0.131. The summed E-state index contributed by atoms with van der Waals surface area (Å²) in [5.74, 6) is -2.36. The van der Waals surface area contributed by atoms with Crippen LogP contribution in [0.3, 0.4) is 0 Å². The Morgan fingerprint density at radius 3 is 2.63 bits per heavy atom. The Kier molecular flexibility index (Phi) is 6.37. The molecule has 0 aliphatic carbocycles. The lowest BCUT2D eigenvalue weighted by atomic mass is 10.1. The maximum atomic E-state index is 13.0. The minimum atomic E-state index is -0.753. The van der Waals surface area contributed by atoms with Gasteiger partial charge in [-0.15, -0.1) is 0 Å². The molecule has 2 atom stereocenters. The number of aromatic nitrogens is 1. The lowest BCUT2D eigenvalue weighted by Crippen LogP contribution is -2.43. The Morgan fingerprint density at radius 2 is 2.00 bits per heavy atom. The first-order valence-electron chi connectivity index (χ1n) is 9.31. The monoisotopic (exact) mass is 409 g/mol. The molecular weight excluding hydrogens is 389 g/mol. The molecule has 30 heavy (non-hydrogen) atoms. The van der Waals surface area contributed by atoms with E-state index in [4.69, 9.17) is 0 Å². The summed E-state index contributed by atoms with van der Waals surface area (Å²) < 4.78 is 13.0. The quantitative estimate of drug-likeness (QED) is 0.809. The summed E-state index contributed by atoms with van der Waals surface area (Å²) in [6, 6.07) is 12.6. The van der Waals surface area contributed by atoms with Crippen molar-refractivity contribution in [2.24, 2.45) is 5.92 Å². The van der Waals surface area contributed by atoms with Crippen LogP contribution in [0.2, 0.25) is 0 Å². The zero-order valence-electron chi connectivity index (χ0n) is 16.3. The highest BCUT2D eigenvalue weighted by Gasteiger charge is 2.39. The number of nitrogens with zero attached hydrogens (tertiary/aromatic N) is 4. The van der Waals surface area contributed by atoms with Gasteiger partial charge >= 0.3 is 0 Å². The van der Waals surface area contributed by atoms with Crippen LogP contribution in [0.4, 0.5) is 10.1 Å². The summed E-state index contributed by atoms with van der Waals surface area (Å²) in [7, 11) is 1.42. The van der Waals surface area contributed by atoms with Crippen LogP contribution in [0, 0.1) is 23.1 Å². The molecule has 1 N–H and O–H groups in total. The Morgan fingerprint density at radius 1 is 1.27 bits per heavy atom. The normalized spacial score (nSPS) is 17.8. The SMILES string of the molecule is CN(CC(=O)N1CC(C(=O)Nc2ccccc2)CC1C#N)C(=O)c1ccc(F)cn1. The van der Waals surface area contributed by atoms with E-state index in [1.165, 1.54) is 18.0 Å². The molecule has 1 fully saturated rings. The van der Waals surface area contributed by atoms with Crippen LogP contribution in [-0.2, 0) is 9.59 Å². The van der Waals surface area contributed by atoms with Gasteiger partial charge in [0.25, 0.3) is 5.91 Å². The number of halogens is 1. The molecule has 0 spiro atoms. The molecule has 2 unspecified atom stereocenters. The van der Waals surface area contributed by atoms with Crippen molar-refractivity contribution >= 4 is 23.4 Å². The number of para-hydroxylation sites is 1. The molecule has 1 aromatic heterocycles. The van der Waals surface area contributed by atoms with Gasteiger partial charge in [0.15, 0.2) is 0 Å². The highest BCUT2D eigenvalue weighted by atomic mass is 19.1. The summed E-state index contributed by atoms with van der Waals surface area (Å²) in [5.41, 5.74) is 0.642. The van der Waals surface area contributed by atoms with Crippen LogP contribution in [0.25, 0.3) is 0 Å². The van der Waals surface area contributed by atoms with E-state index in [1.54, 1.807) is 24.3 Å². The van der Waals surface area contributed by atoms with Crippen LogP contribution in [0.15, 0.2) is 48.7 Å². The van der Waals surface area contributed by atoms with Crippen molar-refractivity contribution in [3.05, 3.63) is 60.2 Å². The van der Waals surface area contributed by atoms with Crippen molar-refractivity contribution in [1.82, 2.24) is 14.8 Å². The third-order valence-corrected chi connectivity index (χ3v) is 4.85. The largest absolute Gasteiger partial charge is 0.331 e. The predicted octanol–water partition coefficient (Wildman–Crippen LogP) is 1.67. The summed E-state index contributed by atoms with van der Waals surface area (Å²) >= 11 is 0. The molecule has 9 heteroatoms. The Labute approximate surface area is 172 Å². The number of nitrogens with one attached hydrogen (secondary N) is 1. The van der Waals surface area contributed by atoms with Crippen LogP contribution in [0.5, 0.6) is 0 Å². The third-order valence-electron chi connectivity index (χ3n) is 4.85. The number of rotatable bonds is 5. The summed E-state index contributed by atoms with van der Waals surface area (Å²) in [6.07, 6.45) is 1.14. The molecule has 3 amide bonds. The second-order valence-electron chi connectivity index (χ2n) is 7.00. The van der Waals surface area contributed by atoms with Crippen LogP contribution in [0.1, 0.15) is 16.9 Å². The Hall–Kier alpha value is -3.80. The van der Waals surface area contributed by atoms with Crippen LogP contribution >= 0.6 is 0 Å². The number of nitriles is 1. The van der Waals surface area contributed by atoms with E-state index in [-0.39, 0.29) is 31.1 Å². The van der Waals surface area contributed by atoms with Crippen molar-refractivity contribution in [2.45, 2.75) is 12.5 Å². The molecule has 8 nitrogen and oxygen atoms in total. The Bertz CT molecular complexity index is 974. The van der Waals surface area contributed by atoms with Gasteiger partial charge < -0.3 is 15.1 Å². The zero-order valence-corrected chi connectivity index (χ0v) is 16.3. The van der Waals surface area contributed by atoms with Crippen LogP contribution < -0.4 is 5.32 Å². The molecule has 0 saturated carbocycles. The van der Waals surface area contributed by atoms with E-state index >= 15 is 0 Å². The molecule has 154 valence electrons. The molecule has 1 aliphatic heterocycles. The molecule has 2 heterocycles. The highest BCUT2D eigenvalue weighted by molar-refractivity contribution is 5.96. The number of carbonyl (C=O) groups is 3. The van der Waals surface area contributed by atoms with Crippen molar-refractivity contribution in [3.8, 4) is 6.07 Å². The zero-order chi connectivity index (χ0) is 21.7. The summed E-state index contributed by atoms with van der Waals surface area (Å²) in [4.78, 5) is 43.8. The lowest BCUT2D eigenvalue weighted by Gasteiger charge is -2.23. The highest BCUT2D eigenvalue weighted by Crippen LogP contribution is 2.25. The molecule has 0 bridgehead atoms. The first-order chi connectivity index (χ1) is 14.4. The molecule has 3 rings (SSSR count). The molecule has 1 aliphatic rings. The van der Waals surface area contributed by atoms with Crippen molar-refractivity contribution in [2.75, 3.05) is 25.5 Å². The van der Waals surface area contributed by atoms with Gasteiger partial charge in [-0.05, 0) is 30.7 Å². The molecule has 2 aromatic rings. The summed E-state index contributed by atoms with van der Waals surface area (Å²) in [5, 5.41) is 12.2. The number of likely N-dealkylation sites (N-methyl/N-ethyl adjacent to an activating group) is 1. The number of carbonyl (C=O) groups excluding carboxylic acids is 3. The standard InChI is InChI=1S/C21H20FN5O3/c1-26(21(30)18-8-7-15(22)11-24-18)13-19(28)27-12-14(9-17(27)10-23)20(29)25-16-5-3-2-4-6-16/h2-8,11,14,17H,9,12-13H2,1H3,(H,25,29). The van der Waals surface area contributed by atoms with Crippen LogP contribution in [-0.4, -0.2) is 58.7 Å². The van der Waals surface area contributed by atoms with Crippen molar-refractivity contribution < 1.29 is 18.8 Å². The first kappa shape index (κ1) is 20.9. The van der Waals surface area contributed by atoms with Crippen molar-refractivity contribution in [1.29, 1.82) is 5.26 Å². The Balaban J connectivity index is 1.62. The predicted molar refractivity (Wildman–Crippen MR) is 105 cm³/mol. The number of pyridine rings is 1.